The average Bonchev–Trinajstić information content (AvgIpc) is 3.56. The van der Waals surface area contributed by atoms with E-state index in [1.807, 2.05) is 19.9 Å². The lowest BCUT2D eigenvalue weighted by molar-refractivity contribution is 0.0317. The molecule has 2 aliphatic rings. The van der Waals surface area contributed by atoms with Crippen molar-refractivity contribution >= 4 is 46.2 Å². The molecule has 10 nitrogen and oxygen atoms in total. The Morgan fingerprint density at radius 3 is 2.71 bits per heavy atom. The van der Waals surface area contributed by atoms with Gasteiger partial charge < -0.3 is 24.5 Å². The van der Waals surface area contributed by atoms with Gasteiger partial charge in [-0.1, -0.05) is 6.92 Å². The molecule has 2 atom stereocenters. The van der Waals surface area contributed by atoms with Gasteiger partial charge in [-0.2, -0.15) is 10.2 Å². The van der Waals surface area contributed by atoms with Crippen LogP contribution in [0.2, 0.25) is 0 Å². The average molecular weight is 469 g/mol. The minimum absolute atomic E-state index is 0.193. The van der Waals surface area contributed by atoms with Crippen molar-refractivity contribution in [3.63, 3.8) is 0 Å². The highest BCUT2D eigenvalue weighted by molar-refractivity contribution is 6.56. The molecule has 0 saturated carbocycles. The maximum Gasteiger partial charge on any atom is 0.257 e. The van der Waals surface area contributed by atoms with Crippen molar-refractivity contribution in [1.29, 1.82) is 5.26 Å². The fourth-order valence-electron chi connectivity index (χ4n) is 3.76. The molecule has 2 saturated heterocycles. The molecule has 0 aromatic carbocycles. The van der Waals surface area contributed by atoms with Crippen molar-refractivity contribution in [2.45, 2.75) is 50.6 Å². The quantitative estimate of drug-likeness (QED) is 0.544. The second-order valence-electron chi connectivity index (χ2n) is 9.58. The molecule has 0 amide bonds. The molecule has 2 N–H and O–H groups in total. The summed E-state index contributed by atoms with van der Waals surface area (Å²) in [6.45, 7) is 8.61. The van der Waals surface area contributed by atoms with E-state index in [1.54, 1.807) is 12.3 Å². The first-order valence-electron chi connectivity index (χ1n) is 11.4. The van der Waals surface area contributed by atoms with Crippen LogP contribution in [0, 0.1) is 17.2 Å². The van der Waals surface area contributed by atoms with Crippen LogP contribution in [0.1, 0.15) is 39.3 Å². The van der Waals surface area contributed by atoms with Gasteiger partial charge >= 0.3 is 0 Å². The lowest BCUT2D eigenvalue weighted by atomic mass is 9.49. The Hall–Kier alpha value is -2.97. The van der Waals surface area contributed by atoms with Crippen molar-refractivity contribution in [3.05, 3.63) is 24.2 Å². The summed E-state index contributed by atoms with van der Waals surface area (Å²) in [5, 5.41) is 15.3. The molecule has 6 radical (unpaired) electrons. The van der Waals surface area contributed by atoms with Gasteiger partial charge in [-0.15, -0.1) is 5.10 Å². The van der Waals surface area contributed by atoms with Crippen LogP contribution in [-0.4, -0.2) is 79.8 Å². The summed E-state index contributed by atoms with van der Waals surface area (Å²) in [6.07, 6.45) is 4.88. The zero-order chi connectivity index (χ0) is 25.2. The van der Waals surface area contributed by atoms with Crippen LogP contribution in [0.15, 0.2) is 18.5 Å². The number of nitrogens with zero attached hydrogens (tertiary/aromatic N) is 5. The van der Waals surface area contributed by atoms with Crippen LogP contribution in [-0.2, 0) is 14.7 Å². The van der Waals surface area contributed by atoms with E-state index in [0.717, 1.165) is 24.5 Å². The van der Waals surface area contributed by atoms with Gasteiger partial charge in [0.05, 0.1) is 41.9 Å². The van der Waals surface area contributed by atoms with Gasteiger partial charge in [-0.25, -0.2) is 4.98 Å². The number of fused-ring (bicyclic) bond motifs is 1. The largest absolute Gasteiger partial charge is 0.469 e. The number of hydrogen-bond donors (Lipinski definition) is 2. The zero-order valence-corrected chi connectivity index (χ0v) is 20.1. The number of nitriles is 1. The highest BCUT2D eigenvalue weighted by atomic mass is 16.6. The van der Waals surface area contributed by atoms with Crippen molar-refractivity contribution in [3.8, 4) is 11.9 Å². The molecule has 5 rings (SSSR count). The van der Waals surface area contributed by atoms with E-state index in [0.29, 0.717) is 30.1 Å². The molecule has 0 spiro atoms. The first-order valence-corrected chi connectivity index (χ1v) is 11.4. The summed E-state index contributed by atoms with van der Waals surface area (Å²) in [6, 6.07) is 3.70. The molecule has 176 valence electrons. The topological polar surface area (TPSA) is 123 Å². The molecular formula is C22H26B3N7O3. The van der Waals surface area contributed by atoms with Crippen LogP contribution in [0.25, 0.3) is 11.0 Å². The van der Waals surface area contributed by atoms with Crippen LogP contribution in [0.5, 0.6) is 5.88 Å². The SMILES string of the molecule is CC1CCOC1.[B]C([B])([B])n1cc(Nc2ncc3cc(C#N)[nH]c3n2)c(O[C@@H]2COC(C)(C)C2)n1. The van der Waals surface area contributed by atoms with Gasteiger partial charge in [0.25, 0.3) is 5.88 Å². The Morgan fingerprint density at radius 2 is 2.14 bits per heavy atom. The van der Waals surface area contributed by atoms with E-state index in [2.05, 4.69) is 32.3 Å². The summed E-state index contributed by atoms with van der Waals surface area (Å²) in [4.78, 5) is 11.5. The minimum atomic E-state index is -1.71. The van der Waals surface area contributed by atoms with Gasteiger partial charge in [0, 0.05) is 31.2 Å². The Labute approximate surface area is 208 Å². The number of anilines is 2. The van der Waals surface area contributed by atoms with E-state index in [-0.39, 0.29) is 23.5 Å². The van der Waals surface area contributed by atoms with Gasteiger partial charge in [-0.3, -0.25) is 4.68 Å². The lowest BCUT2D eigenvalue weighted by Crippen LogP contribution is -2.35. The highest BCUT2D eigenvalue weighted by Crippen LogP contribution is 2.32. The van der Waals surface area contributed by atoms with Crippen molar-refractivity contribution in [1.82, 2.24) is 24.7 Å². The van der Waals surface area contributed by atoms with Crippen molar-refractivity contribution < 1.29 is 14.2 Å². The standard InChI is InChI=1S/C17H16B3N7O2.C5H10O/c1-16(2)4-11(8-28-16)29-14-12(7-27(26-14)17(18,19)20)24-15-22-6-9-3-10(5-21)23-13(9)25-15;1-5-2-3-6-4-5/h3,6-7,11H,4,8H2,1-2H3,(H2,22,23,24,25);5H,2-4H2,1H3/t11-;/m0./s1. The molecule has 2 fully saturated rings. The maximum atomic E-state index is 9.01. The molecular weight excluding hydrogens is 443 g/mol. The van der Waals surface area contributed by atoms with E-state index in [4.69, 9.17) is 43.0 Å². The summed E-state index contributed by atoms with van der Waals surface area (Å²) in [5.41, 5.74) is 1.07. The van der Waals surface area contributed by atoms with E-state index in [1.165, 1.54) is 17.3 Å². The van der Waals surface area contributed by atoms with Gasteiger partial charge in [0.2, 0.25) is 5.95 Å². The molecule has 3 aromatic heterocycles. The van der Waals surface area contributed by atoms with Gasteiger partial charge in [0.15, 0.2) is 0 Å². The number of ether oxygens (including phenoxy) is 3. The van der Waals surface area contributed by atoms with Crippen LogP contribution in [0.4, 0.5) is 11.6 Å². The fraction of sp³-hybridized carbons (Fsp3) is 0.545. The third-order valence-corrected chi connectivity index (χ3v) is 5.63. The molecule has 2 aliphatic heterocycles. The third-order valence-electron chi connectivity index (χ3n) is 5.63. The van der Waals surface area contributed by atoms with Crippen molar-refractivity contribution in [2.75, 3.05) is 25.1 Å². The lowest BCUT2D eigenvalue weighted by Gasteiger charge is -2.20. The molecule has 3 aromatic rings. The second-order valence-corrected chi connectivity index (χ2v) is 9.58. The van der Waals surface area contributed by atoms with Crippen LogP contribution >= 0.6 is 0 Å². The summed E-state index contributed by atoms with van der Waals surface area (Å²) in [5.74, 6) is 1.34. The third kappa shape index (κ3) is 6.38. The monoisotopic (exact) mass is 469 g/mol. The van der Waals surface area contributed by atoms with Gasteiger partial charge in [-0.05, 0) is 37.5 Å². The van der Waals surface area contributed by atoms with Crippen LogP contribution in [0.3, 0.4) is 0 Å². The number of nitrogens with one attached hydrogen (secondary N) is 2. The molecule has 0 aliphatic carbocycles. The molecule has 5 heterocycles. The van der Waals surface area contributed by atoms with Crippen LogP contribution < -0.4 is 10.1 Å². The zero-order valence-electron chi connectivity index (χ0n) is 20.1. The number of H-pyrrole nitrogens is 1. The van der Waals surface area contributed by atoms with Crippen molar-refractivity contribution in [2.24, 2.45) is 5.92 Å². The molecule has 35 heavy (non-hydrogen) atoms. The Bertz CT molecular complexity index is 1210. The van der Waals surface area contributed by atoms with E-state index >= 15 is 0 Å². The Kier molecular flexibility index (Phi) is 7.15. The number of hydrogen-bond acceptors (Lipinski definition) is 8. The molecule has 13 heteroatoms. The predicted molar refractivity (Wildman–Crippen MR) is 133 cm³/mol. The first-order chi connectivity index (χ1) is 16.5. The maximum absolute atomic E-state index is 9.01. The summed E-state index contributed by atoms with van der Waals surface area (Å²) < 4.78 is 18.0. The predicted octanol–water partition coefficient (Wildman–Crippen LogP) is 1.83. The summed E-state index contributed by atoms with van der Waals surface area (Å²) in [7, 11) is 17.3. The molecule has 0 bridgehead atoms. The van der Waals surface area contributed by atoms with E-state index < -0.39 is 5.24 Å². The normalized spacial score (nSPS) is 21.3. The smallest absolute Gasteiger partial charge is 0.257 e. The second kappa shape index (κ2) is 9.95. The summed E-state index contributed by atoms with van der Waals surface area (Å²) >= 11 is 0. The number of aromatic amines is 1. The number of rotatable bonds is 5. The molecule has 1 unspecified atom stereocenters. The first kappa shape index (κ1) is 25.1. The minimum Gasteiger partial charge on any atom is -0.469 e. The Morgan fingerprint density at radius 1 is 1.34 bits per heavy atom. The van der Waals surface area contributed by atoms with E-state index in [9.17, 15) is 0 Å². The Balaban J connectivity index is 0.000000421. The fourth-order valence-corrected chi connectivity index (χ4v) is 3.76. The number of aromatic nitrogens is 5. The highest BCUT2D eigenvalue weighted by Gasteiger charge is 2.34. The van der Waals surface area contributed by atoms with Gasteiger partial charge in [0.1, 0.15) is 29.2 Å².